The Hall–Kier alpha value is -1.92. The number of hydrogen-bond donors (Lipinski definition) is 2. The van der Waals surface area contributed by atoms with Crippen LogP contribution in [0.2, 0.25) is 0 Å². The number of hydrogen-bond acceptors (Lipinski definition) is 3. The van der Waals surface area contributed by atoms with Crippen LogP contribution in [-0.2, 0) is 6.54 Å². The maximum absolute atomic E-state index is 12.3. The average molecular weight is 421 g/mol. The molecule has 0 aliphatic heterocycles. The third-order valence-electron chi connectivity index (χ3n) is 3.29. The van der Waals surface area contributed by atoms with Gasteiger partial charge in [0.25, 0.3) is 5.91 Å². The van der Waals surface area contributed by atoms with E-state index < -0.39 is 0 Å². The topological polar surface area (TPSA) is 50.4 Å². The largest absolute Gasteiger partial charge is 0.492 e. The highest BCUT2D eigenvalue weighted by Gasteiger charge is 2.11. The summed E-state index contributed by atoms with van der Waals surface area (Å²) in [4.78, 5) is 12.3. The van der Waals surface area contributed by atoms with Gasteiger partial charge in [-0.05, 0) is 57.8 Å². The van der Waals surface area contributed by atoms with E-state index in [1.54, 1.807) is 18.2 Å². The lowest BCUT2D eigenvalue weighted by atomic mass is 10.2. The van der Waals surface area contributed by atoms with Crippen LogP contribution in [0.3, 0.4) is 0 Å². The first-order valence-electron chi connectivity index (χ1n) is 8.01. The van der Waals surface area contributed by atoms with E-state index in [1.807, 2.05) is 30.3 Å². The van der Waals surface area contributed by atoms with Crippen LogP contribution in [0.25, 0.3) is 0 Å². The van der Waals surface area contributed by atoms with Crippen LogP contribution in [-0.4, -0.2) is 17.6 Å². The molecule has 0 atom stereocenters. The van der Waals surface area contributed by atoms with Crippen molar-refractivity contribution in [1.29, 1.82) is 0 Å². The van der Waals surface area contributed by atoms with Crippen LogP contribution in [0.4, 0.5) is 0 Å². The molecule has 4 nitrogen and oxygen atoms in total. The van der Waals surface area contributed by atoms with Gasteiger partial charge in [0.05, 0.1) is 11.1 Å². The molecular weight excluding hydrogens is 400 g/mol. The second-order valence-corrected chi connectivity index (χ2v) is 7.24. The van der Waals surface area contributed by atoms with Crippen molar-refractivity contribution in [2.75, 3.05) is 6.61 Å². The summed E-state index contributed by atoms with van der Waals surface area (Å²) in [6, 6.07) is 15.1. The highest BCUT2D eigenvalue weighted by Crippen LogP contribution is 2.26. The summed E-state index contributed by atoms with van der Waals surface area (Å²) in [6.45, 7) is 5.35. The summed E-state index contributed by atoms with van der Waals surface area (Å²) in [7, 11) is 0. The van der Waals surface area contributed by atoms with Crippen LogP contribution >= 0.6 is 28.1 Å². The second kappa shape index (κ2) is 9.53. The third kappa shape index (κ3) is 6.48. The standard InChI is InChI=1S/C19H21BrN2O2S/c1-13(2)12-24-17-9-8-15(10-16(17)20)18(23)22-19(25)21-11-14-6-4-3-5-7-14/h3-10,13H,11-12H2,1-2H3,(H2,21,22,23,25). The molecule has 2 rings (SSSR count). The summed E-state index contributed by atoms with van der Waals surface area (Å²) >= 11 is 8.62. The molecule has 0 spiro atoms. The minimum absolute atomic E-state index is 0.262. The lowest BCUT2D eigenvalue weighted by Crippen LogP contribution is -2.38. The molecule has 0 bridgehead atoms. The van der Waals surface area contributed by atoms with Crippen LogP contribution in [0, 0.1) is 5.92 Å². The van der Waals surface area contributed by atoms with E-state index in [2.05, 4.69) is 40.4 Å². The summed E-state index contributed by atoms with van der Waals surface area (Å²) in [6.07, 6.45) is 0. The first-order valence-corrected chi connectivity index (χ1v) is 9.21. The number of ether oxygens (including phenoxy) is 1. The van der Waals surface area contributed by atoms with Gasteiger partial charge in [-0.15, -0.1) is 0 Å². The SMILES string of the molecule is CC(C)COc1ccc(C(=O)NC(=S)NCc2ccccc2)cc1Br. The predicted molar refractivity (Wildman–Crippen MR) is 108 cm³/mol. The van der Waals surface area contributed by atoms with Crippen LogP contribution in [0.5, 0.6) is 5.75 Å². The Balaban J connectivity index is 1.89. The third-order valence-corrected chi connectivity index (χ3v) is 4.16. The first-order chi connectivity index (χ1) is 12.0. The van der Waals surface area contributed by atoms with Crippen molar-refractivity contribution in [1.82, 2.24) is 10.6 Å². The van der Waals surface area contributed by atoms with E-state index in [4.69, 9.17) is 17.0 Å². The van der Waals surface area contributed by atoms with E-state index in [0.717, 1.165) is 15.8 Å². The first kappa shape index (κ1) is 19.4. The van der Waals surface area contributed by atoms with E-state index in [9.17, 15) is 4.79 Å². The van der Waals surface area contributed by atoms with Crippen LogP contribution < -0.4 is 15.4 Å². The van der Waals surface area contributed by atoms with Crippen molar-refractivity contribution in [2.45, 2.75) is 20.4 Å². The highest BCUT2D eigenvalue weighted by molar-refractivity contribution is 9.10. The molecule has 0 aromatic heterocycles. The van der Waals surface area contributed by atoms with Crippen molar-refractivity contribution in [3.8, 4) is 5.75 Å². The maximum Gasteiger partial charge on any atom is 0.257 e. The lowest BCUT2D eigenvalue weighted by molar-refractivity contribution is 0.0976. The number of rotatable bonds is 6. The van der Waals surface area contributed by atoms with Gasteiger partial charge in [0.2, 0.25) is 0 Å². The summed E-state index contributed by atoms with van der Waals surface area (Å²) in [5, 5.41) is 6.00. The molecule has 0 aliphatic carbocycles. The molecule has 2 N–H and O–H groups in total. The van der Waals surface area contributed by atoms with Crippen molar-refractivity contribution in [3.05, 3.63) is 64.1 Å². The zero-order valence-electron chi connectivity index (χ0n) is 14.2. The quantitative estimate of drug-likeness (QED) is 0.684. The fourth-order valence-electron chi connectivity index (χ4n) is 2.01. The molecule has 6 heteroatoms. The fourth-order valence-corrected chi connectivity index (χ4v) is 2.67. The zero-order valence-corrected chi connectivity index (χ0v) is 16.6. The Bertz CT molecular complexity index is 735. The minimum atomic E-state index is -0.262. The van der Waals surface area contributed by atoms with Gasteiger partial charge < -0.3 is 10.1 Å². The molecule has 0 radical (unpaired) electrons. The molecule has 0 saturated heterocycles. The average Bonchev–Trinajstić information content (AvgIpc) is 2.59. The predicted octanol–water partition coefficient (Wildman–Crippen LogP) is 4.29. The molecule has 1 amide bonds. The van der Waals surface area contributed by atoms with Crippen molar-refractivity contribution < 1.29 is 9.53 Å². The normalized spacial score (nSPS) is 10.4. The van der Waals surface area contributed by atoms with E-state index in [-0.39, 0.29) is 5.91 Å². The smallest absolute Gasteiger partial charge is 0.257 e. The molecule has 132 valence electrons. The monoisotopic (exact) mass is 420 g/mol. The second-order valence-electron chi connectivity index (χ2n) is 5.97. The number of carbonyl (C=O) groups excluding carboxylic acids is 1. The van der Waals surface area contributed by atoms with Gasteiger partial charge in [0.15, 0.2) is 5.11 Å². The highest BCUT2D eigenvalue weighted by atomic mass is 79.9. The van der Waals surface area contributed by atoms with Crippen LogP contribution in [0.1, 0.15) is 29.8 Å². The van der Waals surface area contributed by atoms with Gasteiger partial charge >= 0.3 is 0 Å². The van der Waals surface area contributed by atoms with E-state index in [0.29, 0.717) is 29.7 Å². The molecule has 0 saturated carbocycles. The van der Waals surface area contributed by atoms with Crippen LogP contribution in [0.15, 0.2) is 53.0 Å². The van der Waals surface area contributed by atoms with E-state index in [1.165, 1.54) is 0 Å². The molecule has 2 aromatic carbocycles. The molecule has 0 aliphatic rings. The molecule has 0 unspecified atom stereocenters. The summed E-state index contributed by atoms with van der Waals surface area (Å²) in [5.74, 6) is 0.889. The lowest BCUT2D eigenvalue weighted by Gasteiger charge is -2.12. The Kier molecular flexibility index (Phi) is 7.40. The molecular formula is C19H21BrN2O2S. The Morgan fingerprint density at radius 2 is 1.92 bits per heavy atom. The fraction of sp³-hybridized carbons (Fsp3) is 0.263. The van der Waals surface area contributed by atoms with Gasteiger partial charge in [-0.3, -0.25) is 10.1 Å². The van der Waals surface area contributed by atoms with Crippen molar-refractivity contribution in [3.63, 3.8) is 0 Å². The summed E-state index contributed by atoms with van der Waals surface area (Å²) < 4.78 is 6.42. The Morgan fingerprint density at radius 1 is 1.20 bits per heavy atom. The van der Waals surface area contributed by atoms with Gasteiger partial charge in [0, 0.05) is 12.1 Å². The maximum atomic E-state index is 12.3. The molecule has 0 heterocycles. The summed E-state index contributed by atoms with van der Waals surface area (Å²) in [5.41, 5.74) is 1.60. The molecule has 25 heavy (non-hydrogen) atoms. The minimum Gasteiger partial charge on any atom is -0.492 e. The number of nitrogens with one attached hydrogen (secondary N) is 2. The number of carbonyl (C=O) groups is 1. The Morgan fingerprint density at radius 3 is 2.56 bits per heavy atom. The molecule has 0 fully saturated rings. The van der Waals surface area contributed by atoms with Crippen molar-refractivity contribution >= 4 is 39.2 Å². The zero-order chi connectivity index (χ0) is 18.2. The number of benzene rings is 2. The van der Waals surface area contributed by atoms with E-state index >= 15 is 0 Å². The number of thiocarbonyl (C=S) groups is 1. The number of halogens is 1. The van der Waals surface area contributed by atoms with Gasteiger partial charge in [-0.25, -0.2) is 0 Å². The number of amides is 1. The Labute approximate surface area is 162 Å². The van der Waals surface area contributed by atoms with Crippen molar-refractivity contribution in [2.24, 2.45) is 5.92 Å². The van der Waals surface area contributed by atoms with Gasteiger partial charge in [-0.1, -0.05) is 44.2 Å². The van der Waals surface area contributed by atoms with Gasteiger partial charge in [0.1, 0.15) is 5.75 Å². The molecule has 2 aromatic rings. The van der Waals surface area contributed by atoms with Gasteiger partial charge in [-0.2, -0.15) is 0 Å².